The van der Waals surface area contributed by atoms with Gasteiger partial charge in [0.1, 0.15) is 48.8 Å². The Morgan fingerprint density at radius 1 is 0.867 bits per heavy atom. The Morgan fingerprint density at radius 3 is 1.97 bits per heavy atom. The lowest BCUT2D eigenvalue weighted by Gasteiger charge is -2.46. The van der Waals surface area contributed by atoms with E-state index in [1.165, 1.54) is 6.08 Å². The summed E-state index contributed by atoms with van der Waals surface area (Å²) in [5.41, 5.74) is 0.387. The van der Waals surface area contributed by atoms with Gasteiger partial charge >= 0.3 is 0 Å². The number of hydrogen-bond donors (Lipinski definition) is 8. The Hall–Kier alpha value is -1.23. The molecule has 30 heavy (non-hydrogen) atoms. The van der Waals surface area contributed by atoms with Gasteiger partial charge in [0.05, 0.1) is 13.2 Å². The molecular weight excluding hydrogens is 410 g/mol. The first-order chi connectivity index (χ1) is 14.2. The minimum absolute atomic E-state index is 0.377. The van der Waals surface area contributed by atoms with Crippen molar-refractivity contribution in [3.05, 3.63) is 11.6 Å². The smallest absolute Gasteiger partial charge is 0.248 e. The van der Waals surface area contributed by atoms with Crippen LogP contribution in [0.2, 0.25) is 0 Å². The zero-order valence-corrected chi connectivity index (χ0v) is 16.0. The molecule has 11 atom stereocenters. The van der Waals surface area contributed by atoms with Crippen molar-refractivity contribution in [2.45, 2.75) is 74.6 Å². The molecule has 3 heterocycles. The van der Waals surface area contributed by atoms with E-state index in [-0.39, 0.29) is 5.91 Å². The van der Waals surface area contributed by atoms with E-state index >= 15 is 0 Å². The third-order valence-corrected chi connectivity index (χ3v) is 5.28. The molecule has 2 saturated heterocycles. The maximum absolute atomic E-state index is 11.6. The predicted octanol–water partition coefficient (Wildman–Crippen LogP) is -4.97. The molecule has 0 aromatic carbocycles. The van der Waals surface area contributed by atoms with Crippen LogP contribution >= 0.6 is 0 Å². The first-order valence-electron chi connectivity index (χ1n) is 9.41. The van der Waals surface area contributed by atoms with Crippen LogP contribution in [0.5, 0.6) is 0 Å². The molecule has 0 bridgehead atoms. The first kappa shape index (κ1) is 23.4. The Balaban J connectivity index is 1.74. The fourth-order valence-corrected chi connectivity index (χ4v) is 3.47. The Morgan fingerprint density at radius 2 is 1.43 bits per heavy atom. The highest BCUT2D eigenvalue weighted by Gasteiger charge is 2.51. The molecule has 0 aliphatic carbocycles. The van der Waals surface area contributed by atoms with E-state index in [4.69, 9.17) is 18.9 Å². The highest BCUT2D eigenvalue weighted by atomic mass is 16.7. The summed E-state index contributed by atoms with van der Waals surface area (Å²) < 4.78 is 21.5. The van der Waals surface area contributed by atoms with Gasteiger partial charge in [-0.3, -0.25) is 4.79 Å². The van der Waals surface area contributed by atoms with Gasteiger partial charge in [-0.1, -0.05) is 0 Å². The lowest BCUT2D eigenvalue weighted by molar-refractivity contribution is -0.362. The van der Waals surface area contributed by atoms with Gasteiger partial charge in [-0.25, -0.2) is 0 Å². The SMILES string of the molecule is CC1=CC(OC2OC(CO)C(O)C(OC3OC(CO)C(O)C(O)C3O)C2O)NC1=O. The molecule has 172 valence electrons. The van der Waals surface area contributed by atoms with Gasteiger partial charge in [0.25, 0.3) is 0 Å². The third kappa shape index (κ3) is 4.51. The van der Waals surface area contributed by atoms with Crippen molar-refractivity contribution < 1.29 is 59.5 Å². The minimum atomic E-state index is -1.77. The summed E-state index contributed by atoms with van der Waals surface area (Å²) in [5, 5.41) is 72.1. The van der Waals surface area contributed by atoms with Crippen LogP contribution in [0.25, 0.3) is 0 Å². The van der Waals surface area contributed by atoms with Gasteiger partial charge in [-0.05, 0) is 13.0 Å². The molecule has 0 radical (unpaired) electrons. The summed E-state index contributed by atoms with van der Waals surface area (Å²) in [7, 11) is 0. The highest BCUT2D eigenvalue weighted by Crippen LogP contribution is 2.30. The zero-order chi connectivity index (χ0) is 22.2. The lowest BCUT2D eigenvalue weighted by Crippen LogP contribution is -2.65. The number of aliphatic hydroxyl groups is 7. The van der Waals surface area contributed by atoms with Crippen LogP contribution in [0.1, 0.15) is 6.92 Å². The Bertz CT molecular complexity index is 644. The maximum Gasteiger partial charge on any atom is 0.248 e. The number of nitrogens with one attached hydrogen (secondary N) is 1. The average Bonchev–Trinajstić information content (AvgIpc) is 3.04. The Kier molecular flexibility index (Phi) is 7.42. The molecule has 8 N–H and O–H groups in total. The van der Waals surface area contributed by atoms with Gasteiger partial charge in [0.15, 0.2) is 18.8 Å². The molecule has 13 nitrogen and oxygen atoms in total. The molecule has 13 heteroatoms. The second-order valence-corrected chi connectivity index (χ2v) is 7.38. The summed E-state index contributed by atoms with van der Waals surface area (Å²) in [4.78, 5) is 11.6. The maximum atomic E-state index is 11.6. The van der Waals surface area contributed by atoms with Gasteiger partial charge in [-0.15, -0.1) is 0 Å². The number of carbonyl (C=O) groups is 1. The summed E-state index contributed by atoms with van der Waals surface area (Å²) in [6.07, 6.45) is -15.0. The van der Waals surface area contributed by atoms with Crippen LogP contribution < -0.4 is 5.32 Å². The van der Waals surface area contributed by atoms with Crippen molar-refractivity contribution >= 4 is 5.91 Å². The van der Waals surface area contributed by atoms with Crippen molar-refractivity contribution in [3.8, 4) is 0 Å². The zero-order valence-electron chi connectivity index (χ0n) is 16.0. The lowest BCUT2D eigenvalue weighted by atomic mass is 9.97. The van der Waals surface area contributed by atoms with E-state index in [2.05, 4.69) is 5.32 Å². The normalized spacial score (nSPS) is 47.1. The van der Waals surface area contributed by atoms with Crippen LogP contribution in [-0.2, 0) is 23.7 Å². The summed E-state index contributed by atoms with van der Waals surface area (Å²) >= 11 is 0. The van der Waals surface area contributed by atoms with E-state index in [1.807, 2.05) is 0 Å². The summed E-state index contributed by atoms with van der Waals surface area (Å²) in [6, 6.07) is 0. The average molecular weight is 437 g/mol. The van der Waals surface area contributed by atoms with Gasteiger partial charge in [-0.2, -0.15) is 0 Å². The number of ether oxygens (including phenoxy) is 4. The van der Waals surface area contributed by atoms with E-state index < -0.39 is 80.9 Å². The van der Waals surface area contributed by atoms with Crippen molar-refractivity contribution in [2.75, 3.05) is 13.2 Å². The molecule has 0 aromatic heterocycles. The quantitative estimate of drug-likeness (QED) is 0.197. The molecule has 1 amide bonds. The molecule has 2 fully saturated rings. The number of carbonyl (C=O) groups excluding carboxylic acids is 1. The molecule has 11 unspecified atom stereocenters. The van der Waals surface area contributed by atoms with E-state index in [0.717, 1.165) is 0 Å². The molecule has 3 rings (SSSR count). The van der Waals surface area contributed by atoms with Gasteiger partial charge in [0, 0.05) is 5.57 Å². The number of aliphatic hydroxyl groups excluding tert-OH is 7. The second-order valence-electron chi connectivity index (χ2n) is 7.38. The minimum Gasteiger partial charge on any atom is -0.394 e. The Labute approximate surface area is 171 Å². The third-order valence-electron chi connectivity index (χ3n) is 5.28. The van der Waals surface area contributed by atoms with E-state index in [0.29, 0.717) is 5.57 Å². The van der Waals surface area contributed by atoms with Crippen LogP contribution in [0.4, 0.5) is 0 Å². The van der Waals surface area contributed by atoms with Crippen LogP contribution in [0.3, 0.4) is 0 Å². The number of hydrogen-bond acceptors (Lipinski definition) is 12. The summed E-state index contributed by atoms with van der Waals surface area (Å²) in [5.74, 6) is -0.377. The van der Waals surface area contributed by atoms with Crippen LogP contribution in [0, 0.1) is 0 Å². The summed E-state index contributed by atoms with van der Waals surface area (Å²) in [6.45, 7) is 0.193. The van der Waals surface area contributed by atoms with Crippen molar-refractivity contribution in [2.24, 2.45) is 0 Å². The van der Waals surface area contributed by atoms with Crippen LogP contribution in [-0.4, -0.2) is 123 Å². The first-order valence-corrected chi connectivity index (χ1v) is 9.41. The fourth-order valence-electron chi connectivity index (χ4n) is 3.47. The van der Waals surface area contributed by atoms with Gasteiger partial charge < -0.3 is 60.0 Å². The molecular formula is C17H27NO12. The predicted molar refractivity (Wildman–Crippen MR) is 93.2 cm³/mol. The standard InChI is InChI=1S/C17H27NO12/c1-5-2-8(18-15(5)26)29-17-13(25)14(10(22)7(4-20)28-17)30-16-12(24)11(23)9(21)6(3-19)27-16/h2,6-14,16-17,19-25H,3-4H2,1H3,(H,18,26). The van der Waals surface area contributed by atoms with Crippen LogP contribution in [0.15, 0.2) is 11.6 Å². The van der Waals surface area contributed by atoms with Gasteiger partial charge in [0.2, 0.25) is 5.91 Å². The molecule has 0 aromatic rings. The van der Waals surface area contributed by atoms with Crippen molar-refractivity contribution in [3.63, 3.8) is 0 Å². The fraction of sp³-hybridized carbons (Fsp3) is 0.824. The molecule has 3 aliphatic rings. The number of rotatable bonds is 6. The van der Waals surface area contributed by atoms with E-state index in [1.54, 1.807) is 6.92 Å². The topological polar surface area (TPSA) is 208 Å². The monoisotopic (exact) mass is 437 g/mol. The van der Waals surface area contributed by atoms with Crippen molar-refractivity contribution in [1.29, 1.82) is 0 Å². The van der Waals surface area contributed by atoms with E-state index in [9.17, 15) is 40.5 Å². The van der Waals surface area contributed by atoms with Crippen molar-refractivity contribution in [1.82, 2.24) is 5.32 Å². The molecule has 3 aliphatic heterocycles. The molecule has 0 spiro atoms. The molecule has 0 saturated carbocycles. The number of amides is 1. The second kappa shape index (κ2) is 9.50. The largest absolute Gasteiger partial charge is 0.394 e. The highest BCUT2D eigenvalue weighted by molar-refractivity contribution is 5.95.